The number of ether oxygens (including phenoxy) is 7. The number of benzene rings is 2. The molecule has 17 heteroatoms. The first-order valence-corrected chi connectivity index (χ1v) is 15.0. The highest BCUT2D eigenvalue weighted by atomic mass is 16.7. The Morgan fingerprint density at radius 3 is 2.08 bits per heavy atom. The number of rotatable bonds is 9. The molecule has 5 rings (SSSR count). The monoisotopic (exact) mass is 692 g/mol. The number of hydrogen-bond donors (Lipinski definition) is 6. The lowest BCUT2D eigenvalue weighted by Gasteiger charge is -2.42. The van der Waals surface area contributed by atoms with Crippen LogP contribution in [0.15, 0.2) is 45.6 Å². The van der Waals surface area contributed by atoms with Crippen molar-refractivity contribution in [1.29, 1.82) is 0 Å². The topological polar surface area (TPSA) is 250 Å². The minimum absolute atomic E-state index is 0.0169. The number of aliphatic hydroxyl groups excluding tert-OH is 6. The fourth-order valence-corrected chi connectivity index (χ4v) is 5.37. The maximum absolute atomic E-state index is 13.3. The van der Waals surface area contributed by atoms with E-state index in [1.54, 1.807) is 6.07 Å². The summed E-state index contributed by atoms with van der Waals surface area (Å²) >= 11 is 0. The molecule has 0 spiro atoms. The Balaban J connectivity index is 1.44. The summed E-state index contributed by atoms with van der Waals surface area (Å²) in [4.78, 5) is 36.9. The van der Waals surface area contributed by atoms with Crippen molar-refractivity contribution in [3.8, 4) is 34.3 Å². The predicted molar refractivity (Wildman–Crippen MR) is 163 cm³/mol. The van der Waals surface area contributed by atoms with Gasteiger partial charge in [-0.25, -0.2) is 0 Å². The van der Waals surface area contributed by atoms with Crippen molar-refractivity contribution in [2.24, 2.45) is 0 Å². The van der Waals surface area contributed by atoms with Crippen LogP contribution >= 0.6 is 0 Å². The Kier molecular flexibility index (Phi) is 10.9. The third-order valence-corrected chi connectivity index (χ3v) is 7.88. The quantitative estimate of drug-likeness (QED) is 0.120. The zero-order valence-corrected chi connectivity index (χ0v) is 26.6. The number of fused-ring (bicyclic) bond motifs is 1. The molecule has 266 valence electrons. The molecule has 0 radical (unpaired) electrons. The van der Waals surface area contributed by atoms with E-state index >= 15 is 0 Å². The molecule has 1 aromatic heterocycles. The zero-order chi connectivity index (χ0) is 35.7. The van der Waals surface area contributed by atoms with Crippen molar-refractivity contribution in [2.75, 3.05) is 13.7 Å². The first-order chi connectivity index (χ1) is 23.2. The standard InChI is InChI=1S/C32H36O17/c1-12-25(36)27(38)29(40)31(44-12)43-11-23-26(37)28(39)30(41)32(49-23)47-16-8-21(46-14(3)34)24-17(35)10-19(48-22(24)9-16)15-5-6-18(42-4)20(7-15)45-13(2)33/h5-10,12,23,25-32,36-41H,11H2,1-4H3/t12?,23-,25?,26-,27?,28+,29?,30+,31?,32+/m0/s1. The second kappa shape index (κ2) is 14.8. The van der Waals surface area contributed by atoms with Gasteiger partial charge < -0.3 is 68.2 Å². The van der Waals surface area contributed by atoms with Crippen LogP contribution in [0.3, 0.4) is 0 Å². The van der Waals surface area contributed by atoms with Crippen molar-refractivity contribution in [3.05, 3.63) is 46.6 Å². The Hall–Kier alpha value is -4.17. The summed E-state index contributed by atoms with van der Waals surface area (Å²) in [7, 11) is 1.38. The Morgan fingerprint density at radius 2 is 1.41 bits per heavy atom. The highest BCUT2D eigenvalue weighted by Gasteiger charge is 2.47. The molecule has 0 saturated carbocycles. The first-order valence-electron chi connectivity index (χ1n) is 15.0. The van der Waals surface area contributed by atoms with E-state index in [1.807, 2.05) is 0 Å². The third-order valence-electron chi connectivity index (χ3n) is 7.88. The van der Waals surface area contributed by atoms with Crippen LogP contribution in [0.25, 0.3) is 22.3 Å². The molecule has 2 aliphatic rings. The van der Waals surface area contributed by atoms with Gasteiger partial charge >= 0.3 is 11.9 Å². The molecular formula is C32H36O17. The Morgan fingerprint density at radius 1 is 0.755 bits per heavy atom. The average molecular weight is 693 g/mol. The number of esters is 2. The second-order valence-corrected chi connectivity index (χ2v) is 11.5. The molecule has 0 amide bonds. The van der Waals surface area contributed by atoms with Gasteiger partial charge in [-0.2, -0.15) is 0 Å². The highest BCUT2D eigenvalue weighted by Crippen LogP contribution is 2.37. The van der Waals surface area contributed by atoms with E-state index in [1.165, 1.54) is 39.2 Å². The van der Waals surface area contributed by atoms with Crippen molar-refractivity contribution in [1.82, 2.24) is 0 Å². The summed E-state index contributed by atoms with van der Waals surface area (Å²) in [5, 5.41) is 62.0. The maximum Gasteiger partial charge on any atom is 0.308 e. The molecule has 49 heavy (non-hydrogen) atoms. The lowest BCUT2D eigenvalue weighted by atomic mass is 9.98. The summed E-state index contributed by atoms with van der Waals surface area (Å²) < 4.78 is 44.1. The number of hydrogen-bond acceptors (Lipinski definition) is 17. The molecule has 10 atom stereocenters. The van der Waals surface area contributed by atoms with Crippen LogP contribution in [-0.2, 0) is 23.8 Å². The van der Waals surface area contributed by atoms with Crippen LogP contribution in [-0.4, -0.2) is 118 Å². The minimum atomic E-state index is -1.83. The summed E-state index contributed by atoms with van der Waals surface area (Å²) in [5.41, 5.74) is -0.441. The first kappa shape index (κ1) is 36.1. The SMILES string of the molecule is COc1ccc(-c2cc(=O)c3c(OC(C)=O)cc(O[C@@H]4O[C@@H](COC5OC(C)C(O)C(O)C5O)[C@H](O)[C@@H](O)[C@H]4O)cc3o2)cc1OC(C)=O. The van der Waals surface area contributed by atoms with Gasteiger partial charge in [0.15, 0.2) is 23.2 Å². The van der Waals surface area contributed by atoms with E-state index < -0.39 is 85.4 Å². The van der Waals surface area contributed by atoms with E-state index in [0.717, 1.165) is 19.1 Å². The van der Waals surface area contributed by atoms with E-state index in [2.05, 4.69) is 0 Å². The molecule has 3 aromatic rings. The summed E-state index contributed by atoms with van der Waals surface area (Å²) in [6.07, 6.45) is -15.4. The molecule has 2 saturated heterocycles. The molecule has 5 unspecified atom stereocenters. The maximum atomic E-state index is 13.3. The number of carbonyl (C=O) groups is 2. The van der Waals surface area contributed by atoms with E-state index in [4.69, 9.17) is 37.6 Å². The molecule has 6 N–H and O–H groups in total. The molecule has 0 bridgehead atoms. The minimum Gasteiger partial charge on any atom is -0.493 e. The zero-order valence-electron chi connectivity index (χ0n) is 26.6. The highest BCUT2D eigenvalue weighted by molar-refractivity contribution is 5.89. The van der Waals surface area contributed by atoms with Crippen LogP contribution in [0, 0.1) is 0 Å². The largest absolute Gasteiger partial charge is 0.493 e. The van der Waals surface area contributed by atoms with Gasteiger partial charge in [-0.15, -0.1) is 0 Å². The lowest BCUT2D eigenvalue weighted by Crippen LogP contribution is -2.61. The molecular weight excluding hydrogens is 656 g/mol. The third kappa shape index (κ3) is 7.70. The van der Waals surface area contributed by atoms with Gasteiger partial charge in [0.25, 0.3) is 0 Å². The van der Waals surface area contributed by atoms with E-state index in [9.17, 15) is 45.0 Å². The second-order valence-electron chi connectivity index (χ2n) is 11.5. The number of methoxy groups -OCH3 is 1. The average Bonchev–Trinajstić information content (AvgIpc) is 3.04. The van der Waals surface area contributed by atoms with Crippen molar-refractivity contribution in [3.63, 3.8) is 0 Å². The number of aliphatic hydroxyl groups is 6. The van der Waals surface area contributed by atoms with Crippen molar-refractivity contribution < 1.29 is 77.8 Å². The van der Waals surface area contributed by atoms with Gasteiger partial charge in [-0.3, -0.25) is 14.4 Å². The Labute approximate surface area is 277 Å². The molecule has 0 aliphatic carbocycles. The van der Waals surface area contributed by atoms with Crippen LogP contribution in [0.5, 0.6) is 23.0 Å². The lowest BCUT2D eigenvalue weighted by molar-refractivity contribution is -0.318. The predicted octanol–water partition coefficient (Wildman–Crippen LogP) is -0.650. The van der Waals surface area contributed by atoms with Crippen LogP contribution < -0.4 is 24.4 Å². The van der Waals surface area contributed by atoms with Crippen LogP contribution in [0.2, 0.25) is 0 Å². The normalized spacial score (nSPS) is 30.1. The summed E-state index contributed by atoms with van der Waals surface area (Å²) in [6.45, 7) is 3.22. The van der Waals surface area contributed by atoms with Crippen molar-refractivity contribution in [2.45, 2.75) is 82.2 Å². The fourth-order valence-electron chi connectivity index (χ4n) is 5.37. The molecule has 2 aromatic carbocycles. The van der Waals surface area contributed by atoms with Crippen LogP contribution in [0.1, 0.15) is 20.8 Å². The van der Waals surface area contributed by atoms with Crippen molar-refractivity contribution >= 4 is 22.9 Å². The van der Waals surface area contributed by atoms with Gasteiger partial charge in [0, 0.05) is 37.6 Å². The molecule has 3 heterocycles. The Bertz CT molecular complexity index is 1740. The smallest absolute Gasteiger partial charge is 0.308 e. The molecule has 2 fully saturated rings. The van der Waals surface area contributed by atoms with Crippen LogP contribution in [0.4, 0.5) is 0 Å². The van der Waals surface area contributed by atoms with E-state index in [0.29, 0.717) is 5.56 Å². The number of carbonyl (C=O) groups excluding carboxylic acids is 2. The molecule has 2 aliphatic heterocycles. The molecule has 17 nitrogen and oxygen atoms in total. The van der Waals surface area contributed by atoms with Gasteiger partial charge in [0.2, 0.25) is 6.29 Å². The van der Waals surface area contributed by atoms with Gasteiger partial charge in [0.1, 0.15) is 71.0 Å². The summed E-state index contributed by atoms with van der Waals surface area (Å²) in [6, 6.07) is 8.00. The van der Waals surface area contributed by atoms with Gasteiger partial charge in [-0.05, 0) is 25.1 Å². The van der Waals surface area contributed by atoms with Gasteiger partial charge in [-0.1, -0.05) is 0 Å². The van der Waals surface area contributed by atoms with E-state index in [-0.39, 0.29) is 39.7 Å². The van der Waals surface area contributed by atoms with Gasteiger partial charge in [0.05, 0.1) is 19.8 Å². The fraction of sp³-hybridized carbons (Fsp3) is 0.469. The summed E-state index contributed by atoms with van der Waals surface area (Å²) in [5.74, 6) is -1.51.